The Bertz CT molecular complexity index is 388. The minimum Gasteiger partial charge on any atom is -0.310 e. The molecule has 0 aromatic heterocycles. The summed E-state index contributed by atoms with van der Waals surface area (Å²) in [5.74, 6) is 0.773. The summed E-state index contributed by atoms with van der Waals surface area (Å²) >= 11 is 8.55. The molecule has 0 amide bonds. The van der Waals surface area contributed by atoms with Crippen LogP contribution in [0.1, 0.15) is 50.6 Å². The fraction of sp³-hybridized carbons (Fsp3) is 0.600. The summed E-state index contributed by atoms with van der Waals surface area (Å²) in [5, 5.41) is 4.54. The van der Waals surface area contributed by atoms with Gasteiger partial charge in [-0.15, -0.1) is 0 Å². The van der Waals surface area contributed by atoms with Crippen molar-refractivity contribution < 1.29 is 0 Å². The minimum atomic E-state index is 0.477. The maximum absolute atomic E-state index is 6.26. The van der Waals surface area contributed by atoms with Crippen LogP contribution >= 0.6 is 34.2 Å². The molecular weight excluding hydrogens is 357 g/mol. The Morgan fingerprint density at radius 3 is 2.67 bits per heavy atom. The van der Waals surface area contributed by atoms with Crippen LogP contribution in [0, 0.1) is 9.49 Å². The first-order valence-corrected chi connectivity index (χ1v) is 8.36. The highest BCUT2D eigenvalue weighted by atomic mass is 127. The summed E-state index contributed by atoms with van der Waals surface area (Å²) in [4.78, 5) is 0. The van der Waals surface area contributed by atoms with Crippen LogP contribution in [0.5, 0.6) is 0 Å². The van der Waals surface area contributed by atoms with Crippen LogP contribution in [0.3, 0.4) is 0 Å². The first-order chi connectivity index (χ1) is 8.72. The van der Waals surface area contributed by atoms with E-state index in [0.717, 1.165) is 21.1 Å². The van der Waals surface area contributed by atoms with E-state index in [-0.39, 0.29) is 0 Å². The van der Waals surface area contributed by atoms with Gasteiger partial charge in [0.15, 0.2) is 0 Å². The van der Waals surface area contributed by atoms with Gasteiger partial charge in [-0.3, -0.25) is 0 Å². The Morgan fingerprint density at radius 2 is 2.06 bits per heavy atom. The summed E-state index contributed by atoms with van der Waals surface area (Å²) in [7, 11) is 0. The second-order valence-electron chi connectivity index (χ2n) is 5.11. The van der Waals surface area contributed by atoms with Crippen LogP contribution < -0.4 is 5.32 Å². The van der Waals surface area contributed by atoms with Crippen molar-refractivity contribution in [2.45, 2.75) is 45.1 Å². The van der Waals surface area contributed by atoms with Crippen molar-refractivity contribution in [3.05, 3.63) is 32.4 Å². The van der Waals surface area contributed by atoms with Gasteiger partial charge >= 0.3 is 0 Å². The van der Waals surface area contributed by atoms with Gasteiger partial charge < -0.3 is 5.32 Å². The van der Waals surface area contributed by atoms with Crippen LogP contribution in [0.25, 0.3) is 0 Å². The third-order valence-corrected chi connectivity index (χ3v) is 5.42. The number of hydrogen-bond acceptors (Lipinski definition) is 1. The lowest BCUT2D eigenvalue weighted by Gasteiger charge is -2.31. The number of nitrogens with one attached hydrogen (secondary N) is 1. The predicted molar refractivity (Wildman–Crippen MR) is 87.2 cm³/mol. The molecule has 1 aromatic carbocycles. The van der Waals surface area contributed by atoms with Crippen LogP contribution in [0.4, 0.5) is 0 Å². The van der Waals surface area contributed by atoms with Crippen molar-refractivity contribution in [2.24, 2.45) is 5.92 Å². The maximum Gasteiger partial charge on any atom is 0.0542 e. The van der Waals surface area contributed by atoms with Crippen molar-refractivity contribution in [3.8, 4) is 0 Å². The number of hydrogen-bond donors (Lipinski definition) is 1. The van der Waals surface area contributed by atoms with Gasteiger partial charge in [0.2, 0.25) is 0 Å². The fourth-order valence-electron chi connectivity index (χ4n) is 2.95. The zero-order valence-corrected chi connectivity index (χ0v) is 13.8. The molecule has 1 aliphatic carbocycles. The SMILES string of the molecule is CCNC(c1ccc(I)c(Cl)c1)C1CCCCC1. The molecule has 18 heavy (non-hydrogen) atoms. The van der Waals surface area contributed by atoms with Crippen LogP contribution in [0.2, 0.25) is 5.02 Å². The molecule has 1 unspecified atom stereocenters. The van der Waals surface area contributed by atoms with E-state index in [9.17, 15) is 0 Å². The molecule has 1 aliphatic rings. The second kappa shape index (κ2) is 7.11. The molecule has 0 saturated heterocycles. The van der Waals surface area contributed by atoms with Crippen LogP contribution in [-0.2, 0) is 0 Å². The highest BCUT2D eigenvalue weighted by Crippen LogP contribution is 2.35. The molecule has 0 spiro atoms. The largest absolute Gasteiger partial charge is 0.310 e. The van der Waals surface area contributed by atoms with E-state index in [1.54, 1.807) is 0 Å². The van der Waals surface area contributed by atoms with Gasteiger partial charge in [-0.1, -0.05) is 43.9 Å². The molecule has 0 bridgehead atoms. The third-order valence-electron chi connectivity index (χ3n) is 3.85. The van der Waals surface area contributed by atoms with Crippen molar-refractivity contribution in [3.63, 3.8) is 0 Å². The Kier molecular flexibility index (Phi) is 5.77. The van der Waals surface area contributed by atoms with Crippen LogP contribution in [0.15, 0.2) is 18.2 Å². The lowest BCUT2D eigenvalue weighted by atomic mass is 9.81. The topological polar surface area (TPSA) is 12.0 Å². The van der Waals surface area contributed by atoms with E-state index in [1.807, 2.05) is 0 Å². The smallest absolute Gasteiger partial charge is 0.0542 e. The molecular formula is C15H21ClIN. The lowest BCUT2D eigenvalue weighted by molar-refractivity contribution is 0.274. The van der Waals surface area contributed by atoms with E-state index < -0.39 is 0 Å². The van der Waals surface area contributed by atoms with Crippen LogP contribution in [-0.4, -0.2) is 6.54 Å². The zero-order valence-electron chi connectivity index (χ0n) is 10.9. The van der Waals surface area contributed by atoms with Gasteiger partial charge in [-0.05, 0) is 65.6 Å². The van der Waals surface area contributed by atoms with Crippen molar-refractivity contribution in [1.82, 2.24) is 5.32 Å². The summed E-state index contributed by atoms with van der Waals surface area (Å²) in [6, 6.07) is 6.98. The normalized spacial score (nSPS) is 18.8. The maximum atomic E-state index is 6.26. The average molecular weight is 378 g/mol. The average Bonchev–Trinajstić information content (AvgIpc) is 2.40. The predicted octanol–water partition coefficient (Wildman–Crippen LogP) is 5.18. The second-order valence-corrected chi connectivity index (χ2v) is 6.68. The number of rotatable bonds is 4. The van der Waals surface area contributed by atoms with Gasteiger partial charge in [-0.2, -0.15) is 0 Å². The Balaban J connectivity index is 2.19. The monoisotopic (exact) mass is 377 g/mol. The van der Waals surface area contributed by atoms with E-state index in [0.29, 0.717) is 6.04 Å². The van der Waals surface area contributed by atoms with E-state index in [2.05, 4.69) is 53.0 Å². The number of halogens is 2. The molecule has 0 radical (unpaired) electrons. The molecule has 1 fully saturated rings. The van der Waals surface area contributed by atoms with E-state index >= 15 is 0 Å². The molecule has 0 aliphatic heterocycles. The number of benzene rings is 1. The van der Waals surface area contributed by atoms with Gasteiger partial charge in [0.05, 0.1) is 5.02 Å². The molecule has 3 heteroatoms. The third kappa shape index (κ3) is 3.61. The van der Waals surface area contributed by atoms with E-state index in [1.165, 1.54) is 37.7 Å². The van der Waals surface area contributed by atoms with Gasteiger partial charge in [0, 0.05) is 9.61 Å². The Morgan fingerprint density at radius 1 is 1.33 bits per heavy atom. The molecule has 100 valence electrons. The van der Waals surface area contributed by atoms with Crippen molar-refractivity contribution in [1.29, 1.82) is 0 Å². The molecule has 0 heterocycles. The summed E-state index contributed by atoms with van der Waals surface area (Å²) < 4.78 is 1.14. The lowest BCUT2D eigenvalue weighted by Crippen LogP contribution is -2.29. The Labute approximate surface area is 129 Å². The fourth-order valence-corrected chi connectivity index (χ4v) is 3.47. The van der Waals surface area contributed by atoms with Gasteiger partial charge in [0.1, 0.15) is 0 Å². The first-order valence-electron chi connectivity index (χ1n) is 6.90. The quantitative estimate of drug-likeness (QED) is 0.713. The van der Waals surface area contributed by atoms with Crippen molar-refractivity contribution >= 4 is 34.2 Å². The summed E-state index contributed by atoms with van der Waals surface area (Å²) in [6.07, 6.45) is 6.86. The molecule has 1 nitrogen and oxygen atoms in total. The first kappa shape index (κ1) is 14.6. The van der Waals surface area contributed by atoms with Crippen molar-refractivity contribution in [2.75, 3.05) is 6.54 Å². The Hall–Kier alpha value is 0.200. The highest BCUT2D eigenvalue weighted by Gasteiger charge is 2.24. The molecule has 1 atom stereocenters. The zero-order chi connectivity index (χ0) is 13.0. The standard InChI is InChI=1S/C15H21ClIN/c1-2-18-15(11-6-4-3-5-7-11)12-8-9-14(17)13(16)10-12/h8-11,15,18H,2-7H2,1H3. The summed E-state index contributed by atoms with van der Waals surface area (Å²) in [6.45, 7) is 3.20. The molecule has 1 N–H and O–H groups in total. The van der Waals surface area contributed by atoms with Gasteiger partial charge in [0.25, 0.3) is 0 Å². The minimum absolute atomic E-state index is 0.477. The molecule has 2 rings (SSSR count). The summed E-state index contributed by atoms with van der Waals surface area (Å²) in [5.41, 5.74) is 1.36. The molecule has 1 aromatic rings. The van der Waals surface area contributed by atoms with E-state index in [4.69, 9.17) is 11.6 Å². The van der Waals surface area contributed by atoms with Gasteiger partial charge in [-0.25, -0.2) is 0 Å². The highest BCUT2D eigenvalue weighted by molar-refractivity contribution is 14.1. The molecule has 1 saturated carbocycles.